The van der Waals surface area contributed by atoms with Crippen LogP contribution < -0.4 is 0 Å². The number of aromatic nitrogens is 3. The Hall–Kier alpha value is -2.49. The Bertz CT molecular complexity index is 1070. The molecule has 2 aromatic heterocycles. The van der Waals surface area contributed by atoms with Gasteiger partial charge in [0.15, 0.2) is 14.0 Å². The molecule has 0 amide bonds. The first kappa shape index (κ1) is 22.2. The van der Waals surface area contributed by atoms with Crippen LogP contribution >= 0.6 is 0 Å². The lowest BCUT2D eigenvalue weighted by Gasteiger charge is -2.36. The van der Waals surface area contributed by atoms with Crippen LogP contribution in [-0.4, -0.2) is 29.7 Å². The second-order valence-corrected chi connectivity index (χ2v) is 14.4. The molecule has 3 rings (SSSR count). The van der Waals surface area contributed by atoms with E-state index in [4.69, 9.17) is 9.52 Å². The molecule has 0 unspecified atom stereocenters. The summed E-state index contributed by atoms with van der Waals surface area (Å²) in [6.07, 6.45) is 1.69. The molecule has 0 atom stereocenters. The molecule has 158 valence electrons. The highest BCUT2D eigenvalue weighted by atomic mass is 28.4. The molecule has 0 aliphatic rings. The van der Waals surface area contributed by atoms with Crippen molar-refractivity contribution in [3.05, 3.63) is 47.8 Å². The van der Waals surface area contributed by atoms with Crippen LogP contribution in [0.15, 0.2) is 36.5 Å². The van der Waals surface area contributed by atoms with E-state index in [0.717, 1.165) is 22.2 Å². The Morgan fingerprint density at radius 1 is 1.13 bits per heavy atom. The molecule has 3 aromatic rings. The first-order valence-electron chi connectivity index (χ1n) is 10.5. The summed E-state index contributed by atoms with van der Waals surface area (Å²) in [7, 11) is -1.84. The summed E-state index contributed by atoms with van der Waals surface area (Å²) in [4.78, 5) is 4.27. The summed E-state index contributed by atoms with van der Waals surface area (Å²) >= 11 is 0. The van der Waals surface area contributed by atoms with Gasteiger partial charge in [-0.05, 0) is 35.7 Å². The minimum atomic E-state index is -1.84. The van der Waals surface area contributed by atoms with Crippen LogP contribution in [0.5, 0.6) is 0 Å². The van der Waals surface area contributed by atoms with E-state index in [1.807, 2.05) is 10.7 Å². The molecule has 0 saturated carbocycles. The van der Waals surface area contributed by atoms with Crippen molar-refractivity contribution in [2.24, 2.45) is 0 Å². The maximum Gasteiger partial charge on any atom is 0.192 e. The van der Waals surface area contributed by atoms with Crippen LogP contribution in [-0.2, 0) is 11.0 Å². The van der Waals surface area contributed by atoms with Gasteiger partial charge in [0.05, 0.1) is 13.2 Å². The Morgan fingerprint density at radius 3 is 2.37 bits per heavy atom. The molecule has 0 aliphatic carbocycles. The minimum absolute atomic E-state index is 0.155. The van der Waals surface area contributed by atoms with Gasteiger partial charge < -0.3 is 4.43 Å². The maximum absolute atomic E-state index is 9.62. The van der Waals surface area contributed by atoms with Crippen molar-refractivity contribution in [1.82, 2.24) is 14.8 Å². The monoisotopic (exact) mass is 420 g/mol. The van der Waals surface area contributed by atoms with Crippen LogP contribution in [0, 0.1) is 11.3 Å². The van der Waals surface area contributed by atoms with Crippen LogP contribution in [0.2, 0.25) is 18.1 Å². The van der Waals surface area contributed by atoms with E-state index in [1.165, 1.54) is 5.56 Å². The van der Waals surface area contributed by atoms with Gasteiger partial charge in [0.25, 0.3) is 0 Å². The highest BCUT2D eigenvalue weighted by Gasteiger charge is 2.37. The van der Waals surface area contributed by atoms with Crippen molar-refractivity contribution in [1.29, 1.82) is 5.26 Å². The summed E-state index contributed by atoms with van der Waals surface area (Å²) in [5.41, 5.74) is 4.40. The lowest BCUT2D eigenvalue weighted by Crippen LogP contribution is -2.41. The number of fused-ring (bicyclic) bond motifs is 1. The number of rotatable bonds is 6. The van der Waals surface area contributed by atoms with Gasteiger partial charge in [-0.25, -0.2) is 4.98 Å². The highest BCUT2D eigenvalue weighted by molar-refractivity contribution is 6.74. The average Bonchev–Trinajstić information content (AvgIpc) is 3.06. The summed E-state index contributed by atoms with van der Waals surface area (Å²) < 4.78 is 8.24. The fourth-order valence-electron chi connectivity index (χ4n) is 3.22. The van der Waals surface area contributed by atoms with E-state index in [-0.39, 0.29) is 5.04 Å². The number of hydrogen-bond acceptors (Lipinski definition) is 4. The van der Waals surface area contributed by atoms with Crippen molar-refractivity contribution < 1.29 is 4.43 Å². The highest BCUT2D eigenvalue weighted by Crippen LogP contribution is 2.36. The predicted molar refractivity (Wildman–Crippen MR) is 125 cm³/mol. The summed E-state index contributed by atoms with van der Waals surface area (Å²) in [5.74, 6) is 0.482. The van der Waals surface area contributed by atoms with E-state index in [0.29, 0.717) is 24.8 Å². The SMILES string of the molecule is CC(C)c1ccc(-c2nn(CCO[Si](C)(C)C(C)(C)C)c3c(C#N)nccc23)cc1. The van der Waals surface area contributed by atoms with Crippen molar-refractivity contribution in [2.45, 2.75) is 65.2 Å². The molecular weight excluding hydrogens is 388 g/mol. The molecule has 0 radical (unpaired) electrons. The zero-order chi connectivity index (χ0) is 22.1. The molecule has 1 aromatic carbocycles. The largest absolute Gasteiger partial charge is 0.415 e. The van der Waals surface area contributed by atoms with Gasteiger partial charge in [0.1, 0.15) is 17.3 Å². The third kappa shape index (κ3) is 4.33. The quantitative estimate of drug-likeness (QED) is 0.451. The molecule has 2 heterocycles. The molecule has 5 nitrogen and oxygen atoms in total. The smallest absolute Gasteiger partial charge is 0.192 e. The second-order valence-electron chi connectivity index (χ2n) is 9.62. The lowest BCUT2D eigenvalue weighted by atomic mass is 10.00. The van der Waals surface area contributed by atoms with Crippen LogP contribution in [0.4, 0.5) is 0 Å². The number of nitriles is 1. The lowest BCUT2D eigenvalue weighted by molar-refractivity contribution is 0.268. The third-order valence-electron chi connectivity index (χ3n) is 6.19. The van der Waals surface area contributed by atoms with Gasteiger partial charge in [-0.3, -0.25) is 4.68 Å². The second kappa shape index (κ2) is 8.33. The van der Waals surface area contributed by atoms with E-state index >= 15 is 0 Å². The van der Waals surface area contributed by atoms with Crippen LogP contribution in [0.25, 0.3) is 22.2 Å². The molecule has 30 heavy (non-hydrogen) atoms. The number of benzene rings is 1. The summed E-state index contributed by atoms with van der Waals surface area (Å²) in [6.45, 7) is 16.7. The van der Waals surface area contributed by atoms with E-state index in [2.05, 4.69) is 83.0 Å². The molecule has 0 aliphatic heterocycles. The van der Waals surface area contributed by atoms with Crippen LogP contribution in [0.1, 0.15) is 51.8 Å². The average molecular weight is 421 g/mol. The Kier molecular flexibility index (Phi) is 6.16. The Labute approximate surface area is 180 Å². The van der Waals surface area contributed by atoms with Crippen molar-refractivity contribution in [2.75, 3.05) is 6.61 Å². The van der Waals surface area contributed by atoms with Gasteiger partial charge in [0.2, 0.25) is 0 Å². The van der Waals surface area contributed by atoms with E-state index in [1.54, 1.807) is 6.20 Å². The first-order valence-corrected chi connectivity index (χ1v) is 13.5. The van der Waals surface area contributed by atoms with E-state index < -0.39 is 8.32 Å². The fourth-order valence-corrected chi connectivity index (χ4v) is 4.25. The molecule has 0 bridgehead atoms. The van der Waals surface area contributed by atoms with Crippen molar-refractivity contribution in [3.8, 4) is 17.3 Å². The van der Waals surface area contributed by atoms with Crippen molar-refractivity contribution in [3.63, 3.8) is 0 Å². The molecule has 0 fully saturated rings. The maximum atomic E-state index is 9.62. The first-order chi connectivity index (χ1) is 14.0. The zero-order valence-electron chi connectivity index (χ0n) is 19.2. The topological polar surface area (TPSA) is 63.7 Å². The van der Waals surface area contributed by atoms with Crippen molar-refractivity contribution >= 4 is 19.2 Å². The minimum Gasteiger partial charge on any atom is -0.415 e. The summed E-state index contributed by atoms with van der Waals surface area (Å²) in [5, 5.41) is 15.6. The van der Waals surface area contributed by atoms with Gasteiger partial charge in [-0.15, -0.1) is 0 Å². The molecule has 0 spiro atoms. The number of hydrogen-bond donors (Lipinski definition) is 0. The normalized spacial score (nSPS) is 12.5. The Morgan fingerprint density at radius 2 is 1.80 bits per heavy atom. The molecule has 0 N–H and O–H groups in total. The molecule has 6 heteroatoms. The molecule has 0 saturated heterocycles. The third-order valence-corrected chi connectivity index (χ3v) is 10.7. The fraction of sp³-hybridized carbons (Fsp3) is 0.458. The van der Waals surface area contributed by atoms with E-state index in [9.17, 15) is 5.26 Å². The Balaban J connectivity index is 1.98. The summed E-state index contributed by atoms with van der Waals surface area (Å²) in [6, 6.07) is 12.7. The number of nitrogens with zero attached hydrogens (tertiary/aromatic N) is 4. The van der Waals surface area contributed by atoms with Gasteiger partial charge >= 0.3 is 0 Å². The van der Waals surface area contributed by atoms with Gasteiger partial charge in [-0.1, -0.05) is 58.9 Å². The standard InChI is InChI=1S/C24H32N4OSi/c1-17(2)18-8-10-19(11-9-18)22-20-12-13-26-21(16-25)23(20)28(27-22)14-15-29-30(6,7)24(3,4)5/h8-13,17H,14-15H2,1-7H3. The predicted octanol–water partition coefficient (Wildman–Crippen LogP) is 6.12. The number of pyridine rings is 1. The molecular formula is C24H32N4OSi. The van der Waals surface area contributed by atoms with Crippen LogP contribution in [0.3, 0.4) is 0 Å². The zero-order valence-corrected chi connectivity index (χ0v) is 20.2. The van der Waals surface area contributed by atoms with Gasteiger partial charge in [-0.2, -0.15) is 10.4 Å². The van der Waals surface area contributed by atoms with Gasteiger partial charge in [0, 0.05) is 17.1 Å².